The van der Waals surface area contributed by atoms with Gasteiger partial charge in [-0.1, -0.05) is 6.42 Å². The number of hydrogen-bond acceptors (Lipinski definition) is 7. The molecule has 0 saturated carbocycles. The molecule has 0 aliphatic carbocycles. The van der Waals surface area contributed by atoms with E-state index in [2.05, 4.69) is 25.4 Å². The normalized spacial score (nSPS) is 18.9. The van der Waals surface area contributed by atoms with Gasteiger partial charge in [0.25, 0.3) is 5.91 Å². The molecule has 1 amide bonds. The van der Waals surface area contributed by atoms with Crippen molar-refractivity contribution in [1.82, 2.24) is 19.5 Å². The molecule has 0 radical (unpaired) electrons. The van der Waals surface area contributed by atoms with Crippen LogP contribution in [0.15, 0.2) is 16.3 Å². The number of H-pyrrole nitrogens is 1. The van der Waals surface area contributed by atoms with E-state index in [0.717, 1.165) is 56.5 Å². The molecule has 4 rings (SSSR count). The predicted octanol–water partition coefficient (Wildman–Crippen LogP) is 2.28. The molecule has 28 heavy (non-hydrogen) atoms. The van der Waals surface area contributed by atoms with Crippen molar-refractivity contribution in [2.45, 2.75) is 43.4 Å². The summed E-state index contributed by atoms with van der Waals surface area (Å²) in [6, 6.07) is 1.50. The van der Waals surface area contributed by atoms with E-state index < -0.39 is 15.9 Å². The topological polar surface area (TPSA) is 111 Å². The molecule has 2 aliphatic rings. The molecule has 2 aromatic rings. The van der Waals surface area contributed by atoms with Gasteiger partial charge in [0.1, 0.15) is 9.77 Å². The van der Waals surface area contributed by atoms with Crippen molar-refractivity contribution >= 4 is 39.2 Å². The van der Waals surface area contributed by atoms with E-state index in [9.17, 15) is 13.2 Å². The van der Waals surface area contributed by atoms with Crippen LogP contribution in [-0.4, -0.2) is 60.0 Å². The minimum atomic E-state index is -3.67. The van der Waals surface area contributed by atoms with Crippen LogP contribution in [0.25, 0.3) is 0 Å². The van der Waals surface area contributed by atoms with E-state index in [4.69, 9.17) is 0 Å². The number of anilines is 2. The summed E-state index contributed by atoms with van der Waals surface area (Å²) in [5.41, 5.74) is 0. The summed E-state index contributed by atoms with van der Waals surface area (Å²) in [5.74, 6) is 0.287. The van der Waals surface area contributed by atoms with Crippen molar-refractivity contribution in [2.75, 3.05) is 36.4 Å². The van der Waals surface area contributed by atoms with Crippen molar-refractivity contribution in [3.8, 4) is 0 Å². The molecule has 2 N–H and O–H groups in total. The van der Waals surface area contributed by atoms with Gasteiger partial charge in [-0.05, 0) is 43.6 Å². The third-order valence-corrected chi connectivity index (χ3v) is 8.10. The van der Waals surface area contributed by atoms with Gasteiger partial charge in [-0.25, -0.2) is 13.5 Å². The summed E-state index contributed by atoms with van der Waals surface area (Å²) >= 11 is 1.11. The summed E-state index contributed by atoms with van der Waals surface area (Å²) in [6.07, 6.45) is 6.14. The van der Waals surface area contributed by atoms with Crippen LogP contribution in [0.4, 0.5) is 11.9 Å². The number of nitrogens with one attached hydrogen (secondary N) is 2. The maximum absolute atomic E-state index is 12.9. The first kappa shape index (κ1) is 19.3. The number of carbonyl (C=O) groups is 1. The van der Waals surface area contributed by atoms with Crippen LogP contribution in [0.2, 0.25) is 0 Å². The van der Waals surface area contributed by atoms with Gasteiger partial charge in [-0.3, -0.25) is 10.1 Å². The first-order valence-electron chi connectivity index (χ1n) is 9.62. The molecule has 9 nitrogen and oxygen atoms in total. The van der Waals surface area contributed by atoms with E-state index in [-0.39, 0.29) is 15.7 Å². The predicted molar refractivity (Wildman–Crippen MR) is 107 cm³/mol. The van der Waals surface area contributed by atoms with E-state index in [0.29, 0.717) is 19.0 Å². The first-order valence-corrected chi connectivity index (χ1v) is 11.9. The maximum Gasteiger partial charge on any atom is 0.269 e. The van der Waals surface area contributed by atoms with E-state index in [1.807, 2.05) is 0 Å². The fraction of sp³-hybridized carbons (Fsp3) is 0.588. The lowest BCUT2D eigenvalue weighted by atomic mass is 10.1. The Hall–Kier alpha value is -1.98. The Morgan fingerprint density at radius 2 is 1.75 bits per heavy atom. The highest BCUT2D eigenvalue weighted by molar-refractivity contribution is 7.89. The summed E-state index contributed by atoms with van der Waals surface area (Å²) in [4.78, 5) is 19.4. The van der Waals surface area contributed by atoms with Crippen LogP contribution in [-0.2, 0) is 10.0 Å². The number of aromatic nitrogens is 3. The lowest BCUT2D eigenvalue weighted by molar-refractivity contribution is 0.102. The summed E-state index contributed by atoms with van der Waals surface area (Å²) in [7, 11) is -3.67. The number of hydrogen-bond donors (Lipinski definition) is 2. The Morgan fingerprint density at radius 3 is 2.46 bits per heavy atom. The standard InChI is InChI=1S/C17H24N6O3S2/c24-15(18-16-19-17(21-20-16)22-8-3-1-4-9-22)14-13(7-12-27-14)28(25,26)23-10-5-2-6-11-23/h7,12H,1-6,8-11H2,(H2,18,19,20,21,24). The van der Waals surface area contributed by atoms with Gasteiger partial charge >= 0.3 is 0 Å². The molecule has 0 aromatic carbocycles. The maximum atomic E-state index is 12.9. The molecule has 152 valence electrons. The number of rotatable bonds is 5. The highest BCUT2D eigenvalue weighted by Gasteiger charge is 2.31. The second-order valence-corrected chi connectivity index (χ2v) is 9.89. The number of amides is 1. The second-order valence-electron chi connectivity index (χ2n) is 7.06. The molecule has 4 heterocycles. The van der Waals surface area contributed by atoms with Crippen molar-refractivity contribution in [3.05, 3.63) is 16.3 Å². The van der Waals surface area contributed by atoms with Gasteiger partial charge < -0.3 is 4.90 Å². The molecule has 0 atom stereocenters. The Bertz CT molecular complexity index is 926. The number of piperidine rings is 2. The Labute approximate surface area is 168 Å². The molecule has 11 heteroatoms. The van der Waals surface area contributed by atoms with Gasteiger partial charge in [0.05, 0.1) is 0 Å². The van der Waals surface area contributed by atoms with E-state index >= 15 is 0 Å². The molecule has 2 aromatic heterocycles. The monoisotopic (exact) mass is 424 g/mol. The molecule has 2 saturated heterocycles. The zero-order valence-electron chi connectivity index (χ0n) is 15.6. The largest absolute Gasteiger partial charge is 0.340 e. The van der Waals surface area contributed by atoms with Crippen LogP contribution in [0, 0.1) is 0 Å². The Morgan fingerprint density at radius 1 is 1.07 bits per heavy atom. The average molecular weight is 425 g/mol. The van der Waals surface area contributed by atoms with Crippen molar-refractivity contribution < 1.29 is 13.2 Å². The second kappa shape index (κ2) is 8.18. The molecular weight excluding hydrogens is 400 g/mol. The summed E-state index contributed by atoms with van der Waals surface area (Å²) in [5, 5.41) is 11.2. The number of thiophene rings is 1. The highest BCUT2D eigenvalue weighted by atomic mass is 32.2. The number of nitrogens with zero attached hydrogens (tertiary/aromatic N) is 4. The minimum absolute atomic E-state index is 0.0627. The average Bonchev–Trinajstić information content (AvgIpc) is 3.39. The Balaban J connectivity index is 1.49. The van der Waals surface area contributed by atoms with Gasteiger partial charge in [0, 0.05) is 26.2 Å². The van der Waals surface area contributed by atoms with Crippen LogP contribution < -0.4 is 10.2 Å². The Kier molecular flexibility index (Phi) is 5.65. The smallest absolute Gasteiger partial charge is 0.269 e. The van der Waals surface area contributed by atoms with Gasteiger partial charge in [-0.2, -0.15) is 9.29 Å². The lowest BCUT2D eigenvalue weighted by Gasteiger charge is -2.25. The highest BCUT2D eigenvalue weighted by Crippen LogP contribution is 2.28. The zero-order chi connectivity index (χ0) is 19.6. The number of aromatic amines is 1. The molecule has 0 bridgehead atoms. The van der Waals surface area contributed by atoms with Crippen LogP contribution >= 0.6 is 11.3 Å². The fourth-order valence-corrected chi connectivity index (χ4v) is 6.43. The van der Waals surface area contributed by atoms with E-state index in [1.54, 1.807) is 5.38 Å². The lowest BCUT2D eigenvalue weighted by Crippen LogP contribution is -2.36. The van der Waals surface area contributed by atoms with Crippen LogP contribution in [0.1, 0.15) is 48.2 Å². The van der Waals surface area contributed by atoms with Crippen LogP contribution in [0.5, 0.6) is 0 Å². The third-order valence-electron chi connectivity index (χ3n) is 5.11. The summed E-state index contributed by atoms with van der Waals surface area (Å²) < 4.78 is 27.4. The number of sulfonamides is 1. The first-order chi connectivity index (χ1) is 13.6. The zero-order valence-corrected chi connectivity index (χ0v) is 17.2. The molecule has 0 spiro atoms. The fourth-order valence-electron chi connectivity index (χ4n) is 3.62. The van der Waals surface area contributed by atoms with Crippen molar-refractivity contribution in [3.63, 3.8) is 0 Å². The minimum Gasteiger partial charge on any atom is -0.340 e. The quantitative estimate of drug-likeness (QED) is 0.762. The molecule has 2 aliphatic heterocycles. The van der Waals surface area contributed by atoms with E-state index in [1.165, 1.54) is 16.8 Å². The van der Waals surface area contributed by atoms with Crippen LogP contribution in [0.3, 0.4) is 0 Å². The third kappa shape index (κ3) is 3.91. The number of carbonyl (C=O) groups excluding carboxylic acids is 1. The van der Waals surface area contributed by atoms with Crippen molar-refractivity contribution in [1.29, 1.82) is 0 Å². The molecule has 0 unspecified atom stereocenters. The molecular formula is C17H24N6O3S2. The molecule has 2 fully saturated rings. The van der Waals surface area contributed by atoms with Gasteiger partial charge in [-0.15, -0.1) is 16.4 Å². The van der Waals surface area contributed by atoms with Crippen molar-refractivity contribution in [2.24, 2.45) is 0 Å². The van der Waals surface area contributed by atoms with Gasteiger partial charge in [0.2, 0.25) is 21.9 Å². The van der Waals surface area contributed by atoms with Gasteiger partial charge in [0.15, 0.2) is 0 Å². The SMILES string of the molecule is O=C(Nc1nc(N2CCCCC2)n[nH]1)c1sccc1S(=O)(=O)N1CCCCC1. The summed E-state index contributed by atoms with van der Waals surface area (Å²) in [6.45, 7) is 2.80.